The van der Waals surface area contributed by atoms with Crippen LogP contribution < -0.4 is 0 Å². The van der Waals surface area contributed by atoms with Crippen molar-refractivity contribution in [1.29, 1.82) is 0 Å². The van der Waals surface area contributed by atoms with Gasteiger partial charge < -0.3 is 37.6 Å². The Hall–Kier alpha value is -0.103. The van der Waals surface area contributed by atoms with Crippen molar-refractivity contribution >= 4 is 8.32 Å². The SMILES string of the molecule is CC(C)COCCOCCOCCOCCOCCOCCOCCO[Si](C)(C)C. The third-order valence-electron chi connectivity index (χ3n) is 3.45. The molecule has 182 valence electrons. The molecule has 0 aliphatic rings. The Morgan fingerprint density at radius 3 is 0.967 bits per heavy atom. The monoisotopic (exact) mass is 454 g/mol. The lowest BCUT2D eigenvalue weighted by Gasteiger charge is -2.16. The van der Waals surface area contributed by atoms with E-state index in [1.54, 1.807) is 0 Å². The summed E-state index contributed by atoms with van der Waals surface area (Å²) in [6.45, 7) is 19.6. The van der Waals surface area contributed by atoms with E-state index in [9.17, 15) is 0 Å². The fourth-order valence-corrected chi connectivity index (χ4v) is 2.74. The minimum absolute atomic E-state index is 0.549. The normalized spacial score (nSPS) is 12.2. The number of ether oxygens (including phenoxy) is 7. The summed E-state index contributed by atoms with van der Waals surface area (Å²) < 4.78 is 43.8. The molecule has 0 aromatic carbocycles. The molecule has 0 heterocycles. The molecule has 0 bridgehead atoms. The second kappa shape index (κ2) is 22.1. The van der Waals surface area contributed by atoms with Crippen molar-refractivity contribution in [2.24, 2.45) is 5.92 Å². The average Bonchev–Trinajstić information content (AvgIpc) is 2.67. The zero-order chi connectivity index (χ0) is 22.3. The summed E-state index contributed by atoms with van der Waals surface area (Å²) in [5.74, 6) is 0.558. The van der Waals surface area contributed by atoms with Gasteiger partial charge in [-0.3, -0.25) is 0 Å². The van der Waals surface area contributed by atoms with Gasteiger partial charge in [-0.15, -0.1) is 0 Å². The number of rotatable bonds is 24. The van der Waals surface area contributed by atoms with E-state index in [0.717, 1.165) is 6.61 Å². The van der Waals surface area contributed by atoms with Crippen LogP contribution in [0.4, 0.5) is 0 Å². The number of hydrogen-bond donors (Lipinski definition) is 0. The van der Waals surface area contributed by atoms with Crippen LogP contribution in [0.25, 0.3) is 0 Å². The fourth-order valence-electron chi connectivity index (χ4n) is 2.05. The van der Waals surface area contributed by atoms with Gasteiger partial charge in [-0.25, -0.2) is 0 Å². The van der Waals surface area contributed by atoms with Crippen LogP contribution in [0, 0.1) is 5.92 Å². The molecule has 8 nitrogen and oxygen atoms in total. The highest BCUT2D eigenvalue weighted by molar-refractivity contribution is 6.69. The molecule has 0 aliphatic heterocycles. The summed E-state index contributed by atoms with van der Waals surface area (Å²) in [7, 11) is -1.43. The van der Waals surface area contributed by atoms with Crippen molar-refractivity contribution in [1.82, 2.24) is 0 Å². The van der Waals surface area contributed by atoms with Gasteiger partial charge in [0, 0.05) is 6.61 Å². The van der Waals surface area contributed by atoms with E-state index >= 15 is 0 Å². The molecule has 0 aromatic heterocycles. The molecular weight excluding hydrogens is 408 g/mol. The van der Waals surface area contributed by atoms with Crippen molar-refractivity contribution < 1.29 is 37.6 Å². The van der Waals surface area contributed by atoms with Crippen LogP contribution in [0.15, 0.2) is 0 Å². The Labute approximate surface area is 184 Å². The Bertz CT molecular complexity index is 339. The van der Waals surface area contributed by atoms with E-state index in [1.165, 1.54) is 0 Å². The molecule has 0 amide bonds. The van der Waals surface area contributed by atoms with Crippen molar-refractivity contribution in [3.63, 3.8) is 0 Å². The Balaban J connectivity index is 3.04. The molecule has 0 radical (unpaired) electrons. The lowest BCUT2D eigenvalue weighted by Crippen LogP contribution is -2.27. The molecule has 0 fully saturated rings. The predicted molar refractivity (Wildman–Crippen MR) is 120 cm³/mol. The Morgan fingerprint density at radius 2 is 0.700 bits per heavy atom. The lowest BCUT2D eigenvalue weighted by atomic mass is 10.2. The minimum Gasteiger partial charge on any atom is -0.415 e. The van der Waals surface area contributed by atoms with Crippen LogP contribution in [-0.2, 0) is 37.6 Å². The highest BCUT2D eigenvalue weighted by atomic mass is 28.4. The summed E-state index contributed by atoms with van der Waals surface area (Å²) in [5, 5.41) is 0. The second-order valence-electron chi connectivity index (χ2n) is 8.10. The van der Waals surface area contributed by atoms with Gasteiger partial charge in [0.15, 0.2) is 8.32 Å². The molecular formula is C21H46O8Si. The summed E-state index contributed by atoms with van der Waals surface area (Å²) in [5.41, 5.74) is 0. The Morgan fingerprint density at radius 1 is 0.433 bits per heavy atom. The first-order valence-electron chi connectivity index (χ1n) is 11.1. The van der Waals surface area contributed by atoms with Crippen molar-refractivity contribution in [3.8, 4) is 0 Å². The van der Waals surface area contributed by atoms with Crippen LogP contribution in [0.2, 0.25) is 19.6 Å². The molecule has 9 heteroatoms. The van der Waals surface area contributed by atoms with Crippen LogP contribution in [0.3, 0.4) is 0 Å². The van der Waals surface area contributed by atoms with Crippen LogP contribution in [-0.4, -0.2) is 107 Å². The van der Waals surface area contributed by atoms with Gasteiger partial charge in [0.1, 0.15) is 0 Å². The van der Waals surface area contributed by atoms with E-state index in [1.807, 2.05) is 0 Å². The van der Waals surface area contributed by atoms with Gasteiger partial charge in [0.25, 0.3) is 0 Å². The maximum absolute atomic E-state index is 5.70. The van der Waals surface area contributed by atoms with Crippen molar-refractivity contribution in [3.05, 3.63) is 0 Å². The molecule has 0 aliphatic carbocycles. The molecule has 0 rings (SSSR count). The van der Waals surface area contributed by atoms with Gasteiger partial charge in [0.05, 0.1) is 92.5 Å². The summed E-state index contributed by atoms with van der Waals surface area (Å²) >= 11 is 0. The fraction of sp³-hybridized carbons (Fsp3) is 1.00. The van der Waals surface area contributed by atoms with Gasteiger partial charge in [-0.05, 0) is 25.6 Å². The maximum Gasteiger partial charge on any atom is 0.183 e. The molecule has 0 unspecified atom stereocenters. The minimum atomic E-state index is -1.43. The van der Waals surface area contributed by atoms with Crippen LogP contribution in [0.1, 0.15) is 13.8 Å². The van der Waals surface area contributed by atoms with E-state index in [4.69, 9.17) is 37.6 Å². The predicted octanol–water partition coefficient (Wildman–Crippen LogP) is 2.61. The summed E-state index contributed by atoms with van der Waals surface area (Å²) in [6, 6.07) is 0. The zero-order valence-electron chi connectivity index (χ0n) is 19.9. The molecule has 0 aromatic rings. The smallest absolute Gasteiger partial charge is 0.183 e. The van der Waals surface area contributed by atoms with E-state index in [0.29, 0.717) is 98.4 Å². The largest absolute Gasteiger partial charge is 0.415 e. The zero-order valence-corrected chi connectivity index (χ0v) is 20.9. The van der Waals surface area contributed by atoms with Crippen LogP contribution >= 0.6 is 0 Å². The molecule has 0 saturated carbocycles. The van der Waals surface area contributed by atoms with E-state index in [2.05, 4.69) is 33.5 Å². The van der Waals surface area contributed by atoms with Crippen molar-refractivity contribution in [2.45, 2.75) is 33.5 Å². The van der Waals surface area contributed by atoms with Gasteiger partial charge >= 0.3 is 0 Å². The summed E-state index contributed by atoms with van der Waals surface area (Å²) in [4.78, 5) is 0. The van der Waals surface area contributed by atoms with Crippen LogP contribution in [0.5, 0.6) is 0 Å². The van der Waals surface area contributed by atoms with Gasteiger partial charge in [-0.2, -0.15) is 0 Å². The highest BCUT2D eigenvalue weighted by Crippen LogP contribution is 2.01. The lowest BCUT2D eigenvalue weighted by molar-refractivity contribution is -0.0220. The first-order chi connectivity index (χ1) is 14.4. The van der Waals surface area contributed by atoms with Gasteiger partial charge in [0.2, 0.25) is 0 Å². The average molecular weight is 455 g/mol. The first-order valence-corrected chi connectivity index (χ1v) is 14.5. The third kappa shape index (κ3) is 27.9. The highest BCUT2D eigenvalue weighted by Gasteiger charge is 2.12. The third-order valence-corrected chi connectivity index (χ3v) is 4.52. The molecule has 0 N–H and O–H groups in total. The maximum atomic E-state index is 5.70. The first kappa shape index (κ1) is 29.9. The standard InChI is InChI=1S/C21H46O8Si/c1-21(2)20-28-17-16-26-13-12-24-9-8-22-6-7-23-10-11-25-14-15-27-18-19-29-30(3,4)5/h21H,6-20H2,1-5H3. The molecule has 0 atom stereocenters. The molecule has 0 saturated heterocycles. The topological polar surface area (TPSA) is 73.8 Å². The second-order valence-corrected chi connectivity index (χ2v) is 12.6. The molecule has 30 heavy (non-hydrogen) atoms. The van der Waals surface area contributed by atoms with Crippen molar-refractivity contribution in [2.75, 3.05) is 99.1 Å². The van der Waals surface area contributed by atoms with E-state index in [-0.39, 0.29) is 0 Å². The Kier molecular flexibility index (Phi) is 22.0. The van der Waals surface area contributed by atoms with E-state index < -0.39 is 8.32 Å². The molecule has 0 spiro atoms. The number of hydrogen-bond acceptors (Lipinski definition) is 8. The van der Waals surface area contributed by atoms with Gasteiger partial charge in [-0.1, -0.05) is 13.8 Å². The quantitative estimate of drug-likeness (QED) is 0.163. The summed E-state index contributed by atoms with van der Waals surface area (Å²) in [6.07, 6.45) is 0.